The molecule has 0 unspecified atom stereocenters. The highest BCUT2D eigenvalue weighted by atomic mass is 15.3. The van der Waals surface area contributed by atoms with Gasteiger partial charge in [0.2, 0.25) is 0 Å². The monoisotopic (exact) mass is 319 g/mol. The summed E-state index contributed by atoms with van der Waals surface area (Å²) in [5, 5.41) is 12.8. The van der Waals surface area contributed by atoms with Gasteiger partial charge in [0.05, 0.1) is 17.3 Å². The number of hydrogen-bond acceptors (Lipinski definition) is 5. The van der Waals surface area contributed by atoms with E-state index >= 15 is 0 Å². The van der Waals surface area contributed by atoms with Crippen LogP contribution >= 0.6 is 0 Å². The van der Waals surface area contributed by atoms with Crippen molar-refractivity contribution in [3.63, 3.8) is 0 Å². The molecule has 3 heterocycles. The van der Waals surface area contributed by atoms with Crippen molar-refractivity contribution in [1.29, 1.82) is 0 Å². The third-order valence-corrected chi connectivity index (χ3v) is 3.94. The summed E-state index contributed by atoms with van der Waals surface area (Å²) < 4.78 is 3.60. The van der Waals surface area contributed by atoms with Crippen molar-refractivity contribution in [2.45, 2.75) is 6.42 Å². The maximum atomic E-state index is 4.31. The van der Waals surface area contributed by atoms with Gasteiger partial charge in [0.1, 0.15) is 12.1 Å². The Kier molecular flexibility index (Phi) is 3.66. The Morgan fingerprint density at radius 1 is 1.08 bits per heavy atom. The Labute approximate surface area is 139 Å². The van der Waals surface area contributed by atoms with E-state index in [4.69, 9.17) is 0 Å². The van der Waals surface area contributed by atoms with Gasteiger partial charge in [-0.1, -0.05) is 12.1 Å². The van der Waals surface area contributed by atoms with Gasteiger partial charge in [0.15, 0.2) is 5.65 Å². The van der Waals surface area contributed by atoms with Crippen LogP contribution in [0.1, 0.15) is 5.56 Å². The number of aromatic nitrogens is 6. The average Bonchev–Trinajstić information content (AvgIpc) is 3.27. The van der Waals surface area contributed by atoms with E-state index in [2.05, 4.69) is 49.7 Å². The average molecular weight is 319 g/mol. The van der Waals surface area contributed by atoms with Gasteiger partial charge in [-0.05, 0) is 30.2 Å². The minimum atomic E-state index is 0.794. The van der Waals surface area contributed by atoms with E-state index in [1.54, 1.807) is 23.4 Å². The van der Waals surface area contributed by atoms with Crippen molar-refractivity contribution < 1.29 is 0 Å². The molecule has 4 aromatic rings. The van der Waals surface area contributed by atoms with E-state index in [-0.39, 0.29) is 0 Å². The van der Waals surface area contributed by atoms with Crippen molar-refractivity contribution in [3.05, 3.63) is 60.8 Å². The normalized spacial score (nSPS) is 11.0. The van der Waals surface area contributed by atoms with Gasteiger partial charge in [0, 0.05) is 26.0 Å². The number of benzene rings is 1. The maximum absolute atomic E-state index is 4.31. The van der Waals surface area contributed by atoms with E-state index in [1.807, 2.05) is 24.0 Å². The topological polar surface area (TPSA) is 73.5 Å². The first-order valence-corrected chi connectivity index (χ1v) is 7.77. The number of nitrogens with zero attached hydrogens (tertiary/aromatic N) is 6. The van der Waals surface area contributed by atoms with Gasteiger partial charge >= 0.3 is 0 Å². The second-order valence-electron chi connectivity index (χ2n) is 5.52. The molecule has 0 bridgehead atoms. The third kappa shape index (κ3) is 2.71. The molecule has 0 atom stereocenters. The molecule has 7 heteroatoms. The lowest BCUT2D eigenvalue weighted by Gasteiger charge is -2.07. The Morgan fingerprint density at radius 3 is 2.75 bits per heavy atom. The van der Waals surface area contributed by atoms with Crippen LogP contribution in [0.25, 0.3) is 16.7 Å². The molecule has 0 spiro atoms. The number of hydrogen-bond donors (Lipinski definition) is 1. The smallest absolute Gasteiger partial charge is 0.163 e. The van der Waals surface area contributed by atoms with E-state index < -0.39 is 0 Å². The predicted molar refractivity (Wildman–Crippen MR) is 92.1 cm³/mol. The van der Waals surface area contributed by atoms with Crippen LogP contribution in [-0.4, -0.2) is 36.1 Å². The summed E-state index contributed by atoms with van der Waals surface area (Å²) in [5.41, 5.74) is 3.15. The zero-order valence-electron chi connectivity index (χ0n) is 13.3. The van der Waals surface area contributed by atoms with E-state index in [9.17, 15) is 0 Å². The van der Waals surface area contributed by atoms with E-state index in [1.165, 1.54) is 5.56 Å². The minimum Gasteiger partial charge on any atom is -0.369 e. The molecule has 0 amide bonds. The first-order valence-electron chi connectivity index (χ1n) is 7.77. The first-order chi connectivity index (χ1) is 11.8. The number of aryl methyl sites for hydroxylation is 1. The van der Waals surface area contributed by atoms with E-state index in [0.717, 1.165) is 35.5 Å². The lowest BCUT2D eigenvalue weighted by atomic mass is 10.1. The van der Waals surface area contributed by atoms with Crippen LogP contribution < -0.4 is 5.32 Å². The summed E-state index contributed by atoms with van der Waals surface area (Å²) in [5.74, 6) is 0.821. The van der Waals surface area contributed by atoms with Gasteiger partial charge < -0.3 is 5.32 Å². The summed E-state index contributed by atoms with van der Waals surface area (Å²) in [4.78, 5) is 8.55. The molecule has 7 nitrogen and oxygen atoms in total. The van der Waals surface area contributed by atoms with Crippen LogP contribution in [0.15, 0.2) is 55.2 Å². The summed E-state index contributed by atoms with van der Waals surface area (Å²) in [6, 6.07) is 10.3. The van der Waals surface area contributed by atoms with Crippen LogP contribution in [0.4, 0.5) is 5.82 Å². The summed E-state index contributed by atoms with van der Waals surface area (Å²) >= 11 is 0. The fourth-order valence-corrected chi connectivity index (χ4v) is 2.67. The molecule has 0 saturated heterocycles. The van der Waals surface area contributed by atoms with E-state index in [0.29, 0.717) is 0 Å². The second kappa shape index (κ2) is 6.11. The molecule has 24 heavy (non-hydrogen) atoms. The number of nitrogens with one attached hydrogen (secondary N) is 1. The molecule has 3 aromatic heterocycles. The molecule has 0 saturated carbocycles. The Balaban J connectivity index is 1.42. The van der Waals surface area contributed by atoms with Crippen molar-refractivity contribution in [3.8, 4) is 5.69 Å². The lowest BCUT2D eigenvalue weighted by Crippen LogP contribution is -2.07. The van der Waals surface area contributed by atoms with Crippen molar-refractivity contribution in [1.82, 2.24) is 29.5 Å². The molecular formula is C17H17N7. The summed E-state index contributed by atoms with van der Waals surface area (Å²) in [6.07, 6.45) is 7.97. The standard InChI is InChI=1S/C17H17N7/c1-23-17-15(11-22-23)16(19-12-20-17)18-9-7-13-3-5-14(6-4-13)24-10-2-8-21-24/h2-6,8,10-12H,7,9H2,1H3,(H,18,19,20). The molecule has 1 aromatic carbocycles. The second-order valence-corrected chi connectivity index (χ2v) is 5.52. The highest BCUT2D eigenvalue weighted by Gasteiger charge is 2.07. The molecule has 4 rings (SSSR count). The summed E-state index contributed by atoms with van der Waals surface area (Å²) in [6.45, 7) is 0.794. The van der Waals surface area contributed by atoms with Gasteiger partial charge in [-0.3, -0.25) is 4.68 Å². The highest BCUT2D eigenvalue weighted by molar-refractivity contribution is 5.85. The quantitative estimate of drug-likeness (QED) is 0.610. The zero-order chi connectivity index (χ0) is 16.4. The molecule has 0 fully saturated rings. The van der Waals surface area contributed by atoms with Crippen molar-refractivity contribution in [2.24, 2.45) is 7.05 Å². The molecule has 120 valence electrons. The maximum Gasteiger partial charge on any atom is 0.163 e. The molecule has 0 aliphatic rings. The van der Waals surface area contributed by atoms with Gasteiger partial charge in [0.25, 0.3) is 0 Å². The Morgan fingerprint density at radius 2 is 1.96 bits per heavy atom. The SMILES string of the molecule is Cn1ncc2c(NCCc3ccc(-n4cccn4)cc3)ncnc21. The number of anilines is 1. The van der Waals surface area contributed by atoms with Crippen LogP contribution in [-0.2, 0) is 13.5 Å². The molecule has 0 aliphatic heterocycles. The molecule has 0 aliphatic carbocycles. The van der Waals surface area contributed by atoms with Gasteiger partial charge in [-0.15, -0.1) is 0 Å². The fourth-order valence-electron chi connectivity index (χ4n) is 2.67. The van der Waals surface area contributed by atoms with Crippen LogP contribution in [0, 0.1) is 0 Å². The largest absolute Gasteiger partial charge is 0.369 e. The third-order valence-electron chi connectivity index (χ3n) is 3.94. The molecule has 1 N–H and O–H groups in total. The summed E-state index contributed by atoms with van der Waals surface area (Å²) in [7, 11) is 1.88. The first kappa shape index (κ1) is 14.4. The molecule has 0 radical (unpaired) electrons. The lowest BCUT2D eigenvalue weighted by molar-refractivity contribution is 0.785. The van der Waals surface area contributed by atoms with Crippen molar-refractivity contribution >= 4 is 16.9 Å². The van der Waals surface area contributed by atoms with Crippen LogP contribution in [0.2, 0.25) is 0 Å². The Bertz CT molecular complexity index is 939. The highest BCUT2D eigenvalue weighted by Crippen LogP contribution is 2.17. The minimum absolute atomic E-state index is 0.794. The van der Waals surface area contributed by atoms with Crippen LogP contribution in [0.5, 0.6) is 0 Å². The van der Waals surface area contributed by atoms with Gasteiger partial charge in [-0.25, -0.2) is 14.6 Å². The number of fused-ring (bicyclic) bond motifs is 1. The Hall–Kier alpha value is -3.22. The molecular weight excluding hydrogens is 302 g/mol. The van der Waals surface area contributed by atoms with Crippen LogP contribution in [0.3, 0.4) is 0 Å². The van der Waals surface area contributed by atoms with Gasteiger partial charge in [-0.2, -0.15) is 10.2 Å². The fraction of sp³-hybridized carbons (Fsp3) is 0.176. The predicted octanol–water partition coefficient (Wildman–Crippen LogP) is 2.20. The zero-order valence-corrected chi connectivity index (χ0v) is 13.3. The van der Waals surface area contributed by atoms with Crippen molar-refractivity contribution in [2.75, 3.05) is 11.9 Å². The number of rotatable bonds is 5.